The maximum atomic E-state index is 11.3. The second-order valence-corrected chi connectivity index (χ2v) is 4.49. The van der Waals surface area contributed by atoms with Crippen LogP contribution in [0.2, 0.25) is 0 Å². The van der Waals surface area contributed by atoms with Crippen molar-refractivity contribution in [2.24, 2.45) is 5.92 Å². The van der Waals surface area contributed by atoms with E-state index in [0.717, 1.165) is 25.9 Å². The van der Waals surface area contributed by atoms with Gasteiger partial charge >= 0.3 is 5.97 Å². The van der Waals surface area contributed by atoms with Gasteiger partial charge in [-0.05, 0) is 18.8 Å². The van der Waals surface area contributed by atoms with Crippen LogP contribution >= 0.6 is 0 Å². The monoisotopic (exact) mass is 213 g/mol. The highest BCUT2D eigenvalue weighted by Crippen LogP contribution is 2.40. The highest BCUT2D eigenvalue weighted by Gasteiger charge is 2.49. The van der Waals surface area contributed by atoms with Crippen LogP contribution in [-0.4, -0.2) is 43.1 Å². The molecule has 0 spiro atoms. The summed E-state index contributed by atoms with van der Waals surface area (Å²) in [5, 5.41) is 1.87. The Labute approximate surface area is 88.2 Å². The Morgan fingerprint density at radius 1 is 1.40 bits per heavy atom. The van der Waals surface area contributed by atoms with E-state index in [0.29, 0.717) is 12.0 Å². The van der Waals surface area contributed by atoms with Crippen LogP contribution in [0.15, 0.2) is 0 Å². The van der Waals surface area contributed by atoms with Gasteiger partial charge in [0.25, 0.3) is 0 Å². The van der Waals surface area contributed by atoms with Crippen LogP contribution in [0.4, 0.5) is 0 Å². The van der Waals surface area contributed by atoms with Crippen molar-refractivity contribution < 1.29 is 19.1 Å². The fourth-order valence-electron chi connectivity index (χ4n) is 2.80. The van der Waals surface area contributed by atoms with Crippen molar-refractivity contribution in [2.75, 3.05) is 13.7 Å². The first-order valence-electron chi connectivity index (χ1n) is 5.42. The molecule has 84 valence electrons. The molecule has 15 heavy (non-hydrogen) atoms. The molecule has 3 saturated heterocycles. The lowest BCUT2D eigenvalue weighted by molar-refractivity contribution is -0.246. The average Bonchev–Trinajstić information content (AvgIpc) is 2.83. The normalized spacial score (nSPS) is 44.1. The minimum absolute atomic E-state index is 0.0587. The minimum Gasteiger partial charge on any atom is -0.467 e. The van der Waals surface area contributed by atoms with Crippen LogP contribution in [0.5, 0.6) is 0 Å². The third kappa shape index (κ3) is 1.46. The number of rotatable bonds is 1. The van der Waals surface area contributed by atoms with E-state index < -0.39 is 6.10 Å². The SMILES string of the molecule is COC(=O)[C@@H]1C[C@H]2C[C@H]3CO[C@H](C3)N2O1. The van der Waals surface area contributed by atoms with Crippen LogP contribution in [0.25, 0.3) is 0 Å². The first-order chi connectivity index (χ1) is 7.28. The Morgan fingerprint density at radius 2 is 2.27 bits per heavy atom. The molecule has 0 aromatic heterocycles. The van der Waals surface area contributed by atoms with E-state index in [1.807, 2.05) is 5.06 Å². The minimum atomic E-state index is -0.428. The summed E-state index contributed by atoms with van der Waals surface area (Å²) >= 11 is 0. The first kappa shape index (κ1) is 9.57. The molecular weight excluding hydrogens is 198 g/mol. The van der Waals surface area contributed by atoms with Gasteiger partial charge in [0.15, 0.2) is 6.10 Å². The Morgan fingerprint density at radius 3 is 3.07 bits per heavy atom. The Balaban J connectivity index is 1.72. The Bertz CT molecular complexity index is 283. The van der Waals surface area contributed by atoms with E-state index in [2.05, 4.69) is 4.74 Å². The molecule has 2 bridgehead atoms. The van der Waals surface area contributed by atoms with Crippen molar-refractivity contribution in [2.45, 2.75) is 37.6 Å². The van der Waals surface area contributed by atoms with Crippen LogP contribution < -0.4 is 0 Å². The van der Waals surface area contributed by atoms with Gasteiger partial charge < -0.3 is 9.47 Å². The smallest absolute Gasteiger partial charge is 0.337 e. The van der Waals surface area contributed by atoms with E-state index in [1.54, 1.807) is 0 Å². The first-order valence-corrected chi connectivity index (χ1v) is 5.42. The van der Waals surface area contributed by atoms with Crippen molar-refractivity contribution in [3.63, 3.8) is 0 Å². The van der Waals surface area contributed by atoms with Gasteiger partial charge in [0, 0.05) is 12.5 Å². The van der Waals surface area contributed by atoms with Crippen molar-refractivity contribution in [1.82, 2.24) is 5.06 Å². The quantitative estimate of drug-likeness (QED) is 0.586. The van der Waals surface area contributed by atoms with Gasteiger partial charge in [-0.25, -0.2) is 4.79 Å². The summed E-state index contributed by atoms with van der Waals surface area (Å²) in [7, 11) is 1.39. The number of methoxy groups -OCH3 is 1. The summed E-state index contributed by atoms with van der Waals surface area (Å²) in [6, 6.07) is 0.334. The lowest BCUT2D eigenvalue weighted by Crippen LogP contribution is -2.41. The fourth-order valence-corrected chi connectivity index (χ4v) is 2.80. The number of carbonyl (C=O) groups is 1. The molecule has 0 aromatic rings. The number of ether oxygens (including phenoxy) is 2. The lowest BCUT2D eigenvalue weighted by atomic mass is 9.92. The Hall–Kier alpha value is -0.650. The van der Waals surface area contributed by atoms with Gasteiger partial charge in [-0.15, -0.1) is 0 Å². The second kappa shape index (κ2) is 3.43. The zero-order valence-corrected chi connectivity index (χ0v) is 8.72. The Kier molecular flexibility index (Phi) is 2.19. The molecule has 0 aliphatic carbocycles. The van der Waals surface area contributed by atoms with Crippen LogP contribution in [0.3, 0.4) is 0 Å². The molecule has 5 nitrogen and oxygen atoms in total. The van der Waals surface area contributed by atoms with E-state index in [1.165, 1.54) is 7.11 Å². The summed E-state index contributed by atoms with van der Waals surface area (Å²) in [5.74, 6) is 0.372. The highest BCUT2D eigenvalue weighted by molar-refractivity contribution is 5.74. The zero-order chi connectivity index (χ0) is 10.4. The molecule has 0 unspecified atom stereocenters. The average molecular weight is 213 g/mol. The molecule has 3 rings (SSSR count). The number of hydroxylamine groups is 2. The topological polar surface area (TPSA) is 48.0 Å². The summed E-state index contributed by atoms with van der Waals surface area (Å²) in [6.07, 6.45) is 2.48. The third-order valence-electron chi connectivity index (χ3n) is 3.51. The van der Waals surface area contributed by atoms with E-state index in [4.69, 9.17) is 9.57 Å². The molecule has 4 atom stereocenters. The molecule has 0 aromatic carbocycles. The molecule has 3 heterocycles. The van der Waals surface area contributed by atoms with Gasteiger partial charge in [0.05, 0.1) is 13.7 Å². The molecule has 3 aliphatic rings. The number of piperidine rings is 1. The third-order valence-corrected chi connectivity index (χ3v) is 3.51. The van der Waals surface area contributed by atoms with Gasteiger partial charge in [-0.1, -0.05) is 0 Å². The molecule has 0 saturated carbocycles. The molecule has 5 heteroatoms. The van der Waals surface area contributed by atoms with Crippen molar-refractivity contribution in [3.8, 4) is 0 Å². The van der Waals surface area contributed by atoms with Crippen molar-refractivity contribution >= 4 is 5.97 Å². The van der Waals surface area contributed by atoms with Gasteiger partial charge in [-0.3, -0.25) is 4.84 Å². The van der Waals surface area contributed by atoms with Crippen molar-refractivity contribution in [3.05, 3.63) is 0 Å². The van der Waals surface area contributed by atoms with Crippen LogP contribution in [-0.2, 0) is 19.1 Å². The molecular formula is C10H15NO4. The summed E-state index contributed by atoms with van der Waals surface area (Å²) in [6.45, 7) is 0.837. The van der Waals surface area contributed by atoms with E-state index >= 15 is 0 Å². The molecule has 3 fully saturated rings. The van der Waals surface area contributed by atoms with E-state index in [-0.39, 0.29) is 12.2 Å². The van der Waals surface area contributed by atoms with E-state index in [9.17, 15) is 4.79 Å². The number of nitrogens with zero attached hydrogens (tertiary/aromatic N) is 1. The summed E-state index contributed by atoms with van der Waals surface area (Å²) < 4.78 is 10.3. The van der Waals surface area contributed by atoms with Crippen LogP contribution in [0.1, 0.15) is 19.3 Å². The predicted octanol–water partition coefficient (Wildman–Crippen LogP) is 0.300. The largest absolute Gasteiger partial charge is 0.467 e. The predicted molar refractivity (Wildman–Crippen MR) is 49.6 cm³/mol. The van der Waals surface area contributed by atoms with Gasteiger partial charge in [0.1, 0.15) is 6.23 Å². The van der Waals surface area contributed by atoms with Crippen LogP contribution in [0, 0.1) is 5.92 Å². The number of esters is 1. The maximum Gasteiger partial charge on any atom is 0.337 e. The number of hydrogen-bond acceptors (Lipinski definition) is 5. The maximum absolute atomic E-state index is 11.3. The lowest BCUT2D eigenvalue weighted by Gasteiger charge is -2.31. The second-order valence-electron chi connectivity index (χ2n) is 4.49. The summed E-state index contributed by atoms with van der Waals surface area (Å²) in [5.41, 5.74) is 0. The fraction of sp³-hybridized carbons (Fsp3) is 0.900. The highest BCUT2D eigenvalue weighted by atomic mass is 16.7. The molecule has 0 radical (unpaired) electrons. The number of carbonyl (C=O) groups excluding carboxylic acids is 1. The molecule has 0 amide bonds. The zero-order valence-electron chi connectivity index (χ0n) is 8.72. The summed E-state index contributed by atoms with van der Waals surface area (Å²) in [4.78, 5) is 16.9. The van der Waals surface area contributed by atoms with Crippen molar-refractivity contribution in [1.29, 1.82) is 0 Å². The van der Waals surface area contributed by atoms with Gasteiger partial charge in [-0.2, -0.15) is 5.06 Å². The standard InChI is InChI=1S/C10H15NO4/c1-13-10(12)8-4-7-2-6-3-9(14-5-6)11(7)15-8/h6-9H,2-5H2,1H3/t6-,7-,8+,9-/m1/s1. The molecule has 0 N–H and O–H groups in total. The number of hydrogen-bond donors (Lipinski definition) is 0. The van der Waals surface area contributed by atoms with Gasteiger partial charge in [0.2, 0.25) is 0 Å². The molecule has 3 aliphatic heterocycles. The number of fused-ring (bicyclic) bond motifs is 4.